The molecule has 0 radical (unpaired) electrons. The molecule has 9 heteroatoms. The van der Waals surface area contributed by atoms with Gasteiger partial charge >= 0.3 is 6.61 Å². The van der Waals surface area contributed by atoms with Crippen LogP contribution in [-0.4, -0.2) is 38.7 Å². The molecular weight excluding hydrogens is 324 g/mol. The van der Waals surface area contributed by atoms with E-state index in [1.807, 2.05) is 0 Å². The molecule has 0 bridgehead atoms. The highest BCUT2D eigenvalue weighted by Crippen LogP contribution is 2.38. The van der Waals surface area contributed by atoms with Crippen LogP contribution in [0.25, 0.3) is 0 Å². The first-order chi connectivity index (χ1) is 9.99. The van der Waals surface area contributed by atoms with Gasteiger partial charge in [0.1, 0.15) is 10.7 Å². The summed E-state index contributed by atoms with van der Waals surface area (Å²) in [5.74, 6) is 0.873. The zero-order valence-corrected chi connectivity index (χ0v) is 12.6. The van der Waals surface area contributed by atoms with Crippen LogP contribution in [0.1, 0.15) is 25.0 Å². The van der Waals surface area contributed by atoms with Crippen molar-refractivity contribution in [3.05, 3.63) is 11.0 Å². The van der Waals surface area contributed by atoms with Crippen LogP contribution in [0.4, 0.5) is 14.6 Å². The van der Waals surface area contributed by atoms with Crippen LogP contribution in [0.2, 0.25) is 5.28 Å². The average Bonchev–Trinajstić information content (AvgIpc) is 2.73. The molecule has 1 aliphatic heterocycles. The minimum Gasteiger partial charge on any atom is -0.361 e. The number of nitrogens with one attached hydrogen (secondary N) is 1. The molecule has 0 amide bonds. The van der Waals surface area contributed by atoms with E-state index in [1.54, 1.807) is 0 Å². The minimum atomic E-state index is -2.81. The van der Waals surface area contributed by atoms with Crippen LogP contribution in [-0.2, 0) is 22.0 Å². The van der Waals surface area contributed by atoms with E-state index in [9.17, 15) is 13.0 Å². The molecule has 3 rings (SSSR count). The molecule has 21 heavy (non-hydrogen) atoms. The van der Waals surface area contributed by atoms with Crippen LogP contribution in [0.15, 0.2) is 4.90 Å². The topological polar surface area (TPSA) is 64.1 Å². The van der Waals surface area contributed by atoms with Gasteiger partial charge in [-0.3, -0.25) is 4.21 Å². The molecule has 2 aliphatic rings. The Hall–Kier alpha value is -0.860. The van der Waals surface area contributed by atoms with E-state index in [0.717, 1.165) is 6.42 Å². The van der Waals surface area contributed by atoms with Crippen molar-refractivity contribution in [1.29, 1.82) is 0 Å². The van der Waals surface area contributed by atoms with Crippen molar-refractivity contribution < 1.29 is 17.7 Å². The Morgan fingerprint density at radius 3 is 2.81 bits per heavy atom. The van der Waals surface area contributed by atoms with Gasteiger partial charge in [0.2, 0.25) is 5.28 Å². The highest BCUT2D eigenvalue weighted by Gasteiger charge is 2.40. The third-order valence-electron chi connectivity index (χ3n) is 3.84. The van der Waals surface area contributed by atoms with Gasteiger partial charge in [0, 0.05) is 12.2 Å². The molecule has 1 aliphatic carbocycles. The molecule has 1 aromatic heterocycles. The molecule has 5 nitrogen and oxygen atoms in total. The first kappa shape index (κ1) is 15.1. The Morgan fingerprint density at radius 1 is 1.43 bits per heavy atom. The Labute approximate surface area is 127 Å². The molecule has 116 valence electrons. The molecule has 0 spiro atoms. The fourth-order valence-electron chi connectivity index (χ4n) is 2.63. The van der Waals surface area contributed by atoms with Gasteiger partial charge in [-0.2, -0.15) is 13.8 Å². The lowest BCUT2D eigenvalue weighted by atomic mass is 9.77. The summed E-state index contributed by atoms with van der Waals surface area (Å²) in [5, 5.41) is 3.20. The van der Waals surface area contributed by atoms with E-state index in [4.69, 9.17) is 11.6 Å². The number of hydrogen-bond acceptors (Lipinski definition) is 5. The molecule has 1 N–H and O–H groups in total. The second-order valence-corrected chi connectivity index (χ2v) is 7.09. The molecule has 0 saturated heterocycles. The fourth-order valence-corrected chi connectivity index (χ4v) is 4.13. The summed E-state index contributed by atoms with van der Waals surface area (Å²) < 4.78 is 41.0. The Balaban J connectivity index is 1.85. The summed E-state index contributed by atoms with van der Waals surface area (Å²) in [4.78, 5) is 8.72. The lowest BCUT2D eigenvalue weighted by molar-refractivity contribution is -0.145. The lowest BCUT2D eigenvalue weighted by Crippen LogP contribution is -2.50. The number of aryl methyl sites for hydroxylation is 1. The van der Waals surface area contributed by atoms with Gasteiger partial charge in [-0.1, -0.05) is 0 Å². The minimum absolute atomic E-state index is 0.0689. The normalized spacial score (nSPS) is 23.0. The van der Waals surface area contributed by atoms with E-state index in [2.05, 4.69) is 20.0 Å². The zero-order chi connectivity index (χ0) is 15.0. The van der Waals surface area contributed by atoms with Crippen LogP contribution in [0.5, 0.6) is 0 Å². The van der Waals surface area contributed by atoms with Crippen molar-refractivity contribution in [2.75, 3.05) is 17.7 Å². The standard InChI is InChI=1S/C12H14ClF2N3O2S/c13-10-16-7-2-5-21(19)8(7)9(17-10)18-12(3-1-4-12)6-20-11(14)15/h11H,1-6H2,(H,16,17,18)/t21-/m1/s1. The summed E-state index contributed by atoms with van der Waals surface area (Å²) in [5.41, 5.74) is 0.0781. The Kier molecular flexibility index (Phi) is 4.11. The number of aromatic nitrogens is 2. The van der Waals surface area contributed by atoms with Crippen molar-refractivity contribution in [3.8, 4) is 0 Å². The van der Waals surface area contributed by atoms with Gasteiger partial charge in [-0.05, 0) is 30.9 Å². The first-order valence-corrected chi connectivity index (χ1v) is 8.31. The van der Waals surface area contributed by atoms with Gasteiger partial charge in [0.05, 0.1) is 28.6 Å². The Bertz CT molecular complexity index is 584. The van der Waals surface area contributed by atoms with Crippen LogP contribution in [0, 0.1) is 0 Å². The van der Waals surface area contributed by atoms with Crippen molar-refractivity contribution in [3.63, 3.8) is 0 Å². The van der Waals surface area contributed by atoms with Crippen molar-refractivity contribution in [2.45, 2.75) is 42.7 Å². The second-order valence-electron chi connectivity index (χ2n) is 5.25. The van der Waals surface area contributed by atoms with E-state index in [-0.39, 0.29) is 11.9 Å². The van der Waals surface area contributed by atoms with Gasteiger partial charge in [-0.15, -0.1) is 0 Å². The Morgan fingerprint density at radius 2 is 2.19 bits per heavy atom. The largest absolute Gasteiger partial charge is 0.361 e. The number of rotatable bonds is 5. The molecule has 2 heterocycles. The molecule has 1 aromatic rings. The second kappa shape index (κ2) is 5.73. The van der Waals surface area contributed by atoms with E-state index < -0.39 is 22.9 Å². The highest BCUT2D eigenvalue weighted by molar-refractivity contribution is 7.85. The summed E-state index contributed by atoms with van der Waals surface area (Å²) in [6, 6.07) is 0. The van der Waals surface area contributed by atoms with Crippen molar-refractivity contribution >= 4 is 28.2 Å². The number of hydrogen-bond donors (Lipinski definition) is 1. The van der Waals surface area contributed by atoms with E-state index in [1.165, 1.54) is 0 Å². The maximum absolute atomic E-state index is 12.3. The van der Waals surface area contributed by atoms with Crippen molar-refractivity contribution in [1.82, 2.24) is 9.97 Å². The van der Waals surface area contributed by atoms with Gasteiger partial charge in [-0.25, -0.2) is 4.98 Å². The molecule has 0 aromatic carbocycles. The van der Waals surface area contributed by atoms with Gasteiger partial charge < -0.3 is 10.1 Å². The van der Waals surface area contributed by atoms with Crippen LogP contribution in [0.3, 0.4) is 0 Å². The first-order valence-electron chi connectivity index (χ1n) is 6.62. The third kappa shape index (κ3) is 3.02. The predicted octanol–water partition coefficient (Wildman–Crippen LogP) is 2.37. The number of ether oxygens (including phenoxy) is 1. The quantitative estimate of drug-likeness (QED) is 0.836. The molecular formula is C12H14ClF2N3O2S. The van der Waals surface area contributed by atoms with Crippen LogP contribution < -0.4 is 5.32 Å². The maximum atomic E-state index is 12.3. The SMILES string of the molecule is O=[S@@]1CCc2nc(Cl)nc(NC3(COC(F)F)CCC3)c21. The third-order valence-corrected chi connectivity index (χ3v) is 5.47. The van der Waals surface area contributed by atoms with E-state index in [0.29, 0.717) is 41.4 Å². The number of anilines is 1. The predicted molar refractivity (Wildman–Crippen MR) is 74.2 cm³/mol. The summed E-state index contributed by atoms with van der Waals surface area (Å²) in [7, 11) is -1.18. The molecule has 0 unspecified atom stereocenters. The number of fused-ring (bicyclic) bond motifs is 1. The monoisotopic (exact) mass is 337 g/mol. The van der Waals surface area contributed by atoms with Gasteiger partial charge in [0.15, 0.2) is 0 Å². The summed E-state index contributed by atoms with van der Waals surface area (Å²) in [6.07, 6.45) is 2.90. The molecule has 1 saturated carbocycles. The highest BCUT2D eigenvalue weighted by atomic mass is 35.5. The maximum Gasteiger partial charge on any atom is 0.345 e. The molecule has 1 atom stereocenters. The van der Waals surface area contributed by atoms with Crippen LogP contribution >= 0.6 is 11.6 Å². The number of halogens is 3. The molecule has 1 fully saturated rings. The zero-order valence-electron chi connectivity index (χ0n) is 11.1. The summed E-state index contributed by atoms with van der Waals surface area (Å²) in [6.45, 7) is -2.92. The average molecular weight is 338 g/mol. The number of alkyl halides is 2. The van der Waals surface area contributed by atoms with Crippen molar-refractivity contribution in [2.24, 2.45) is 0 Å². The smallest absolute Gasteiger partial charge is 0.345 e. The lowest BCUT2D eigenvalue weighted by Gasteiger charge is -2.42. The van der Waals surface area contributed by atoms with Gasteiger partial charge in [0.25, 0.3) is 0 Å². The summed E-state index contributed by atoms with van der Waals surface area (Å²) >= 11 is 5.88. The van der Waals surface area contributed by atoms with E-state index >= 15 is 0 Å². The number of nitrogens with zero attached hydrogens (tertiary/aromatic N) is 2. The fraction of sp³-hybridized carbons (Fsp3) is 0.667.